The summed E-state index contributed by atoms with van der Waals surface area (Å²) in [5.74, 6) is 2.52. The van der Waals surface area contributed by atoms with Gasteiger partial charge in [-0.25, -0.2) is 4.99 Å². The van der Waals surface area contributed by atoms with Crippen molar-refractivity contribution in [3.8, 4) is 11.4 Å². The van der Waals surface area contributed by atoms with E-state index in [1.807, 2.05) is 26.0 Å². The fourth-order valence-corrected chi connectivity index (χ4v) is 2.94. The Labute approximate surface area is 174 Å². The summed E-state index contributed by atoms with van der Waals surface area (Å²) in [6, 6.07) is 7.29. The molecule has 0 fully saturated rings. The molecule has 0 amide bonds. The van der Waals surface area contributed by atoms with Crippen LogP contribution in [0.5, 0.6) is 0 Å². The molecule has 0 atom stereocenters. The van der Waals surface area contributed by atoms with Gasteiger partial charge in [-0.2, -0.15) is 4.98 Å². The molecule has 2 heterocycles. The Morgan fingerprint density at radius 3 is 2.52 bits per heavy atom. The maximum Gasteiger partial charge on any atom is 0.246 e. The molecule has 0 bridgehead atoms. The number of nitrogens with one attached hydrogen (secondary N) is 2. The second-order valence-electron chi connectivity index (χ2n) is 6.31. The molecule has 2 N–H and O–H groups in total. The standard InChI is InChI=1S/C20H25ClN6O2/c1-4-16-15(17(5-2)28-26-16)11-23-20(22-6-3)24-12-18-25-19(27-29-18)13-7-9-14(21)10-8-13/h7-10H,4-6,11-12H2,1-3H3,(H2,22,23,24). The van der Waals surface area contributed by atoms with E-state index in [4.69, 9.17) is 20.6 Å². The Morgan fingerprint density at radius 2 is 1.83 bits per heavy atom. The van der Waals surface area contributed by atoms with E-state index in [1.54, 1.807) is 12.1 Å². The van der Waals surface area contributed by atoms with Crippen molar-refractivity contribution in [3.05, 3.63) is 52.2 Å². The maximum atomic E-state index is 5.92. The zero-order valence-electron chi connectivity index (χ0n) is 16.8. The molecule has 0 unspecified atom stereocenters. The van der Waals surface area contributed by atoms with Crippen molar-refractivity contribution in [2.24, 2.45) is 4.99 Å². The van der Waals surface area contributed by atoms with Crippen molar-refractivity contribution >= 4 is 17.6 Å². The van der Waals surface area contributed by atoms with Gasteiger partial charge in [0.15, 0.2) is 5.96 Å². The molecule has 0 aliphatic rings. The molecule has 8 nitrogen and oxygen atoms in total. The van der Waals surface area contributed by atoms with Gasteiger partial charge in [0, 0.05) is 29.1 Å². The number of hydrogen-bond donors (Lipinski definition) is 2. The van der Waals surface area contributed by atoms with E-state index < -0.39 is 0 Å². The maximum absolute atomic E-state index is 5.92. The molecule has 0 aliphatic heterocycles. The lowest BCUT2D eigenvalue weighted by atomic mass is 10.1. The summed E-state index contributed by atoms with van der Waals surface area (Å²) in [7, 11) is 0. The summed E-state index contributed by atoms with van der Waals surface area (Å²) in [6.07, 6.45) is 1.60. The lowest BCUT2D eigenvalue weighted by Gasteiger charge is -2.09. The van der Waals surface area contributed by atoms with E-state index in [0.29, 0.717) is 35.8 Å². The molecular weight excluding hydrogens is 392 g/mol. The zero-order chi connectivity index (χ0) is 20.6. The van der Waals surface area contributed by atoms with Gasteiger partial charge in [-0.05, 0) is 37.6 Å². The van der Waals surface area contributed by atoms with Crippen LogP contribution in [0.25, 0.3) is 11.4 Å². The first-order chi connectivity index (χ1) is 14.1. The summed E-state index contributed by atoms with van der Waals surface area (Å²) in [5.41, 5.74) is 2.84. The van der Waals surface area contributed by atoms with Crippen molar-refractivity contribution in [1.82, 2.24) is 25.9 Å². The fourth-order valence-electron chi connectivity index (χ4n) is 2.82. The van der Waals surface area contributed by atoms with E-state index in [9.17, 15) is 0 Å². The number of guanidine groups is 1. The largest absolute Gasteiger partial charge is 0.361 e. The van der Waals surface area contributed by atoms with Gasteiger partial charge >= 0.3 is 0 Å². The molecule has 154 valence electrons. The monoisotopic (exact) mass is 416 g/mol. The summed E-state index contributed by atoms with van der Waals surface area (Å²) in [4.78, 5) is 9.07. The van der Waals surface area contributed by atoms with Crippen LogP contribution in [-0.2, 0) is 25.9 Å². The van der Waals surface area contributed by atoms with Gasteiger partial charge in [-0.1, -0.05) is 35.8 Å². The molecule has 3 aromatic rings. The van der Waals surface area contributed by atoms with Crippen molar-refractivity contribution in [1.29, 1.82) is 0 Å². The number of nitrogens with zero attached hydrogens (tertiary/aromatic N) is 4. The SMILES string of the molecule is CCNC(=NCc1c(CC)noc1CC)NCc1nc(-c2ccc(Cl)cc2)no1. The molecule has 29 heavy (non-hydrogen) atoms. The fraction of sp³-hybridized carbons (Fsp3) is 0.400. The predicted molar refractivity (Wildman–Crippen MR) is 112 cm³/mol. The molecule has 2 aromatic heterocycles. The van der Waals surface area contributed by atoms with Crippen LogP contribution in [-0.4, -0.2) is 27.8 Å². The van der Waals surface area contributed by atoms with Gasteiger partial charge in [0.05, 0.1) is 18.8 Å². The second kappa shape index (κ2) is 10.1. The second-order valence-corrected chi connectivity index (χ2v) is 6.74. The Hall–Kier alpha value is -2.87. The highest BCUT2D eigenvalue weighted by molar-refractivity contribution is 6.30. The van der Waals surface area contributed by atoms with E-state index in [2.05, 4.69) is 37.8 Å². The third-order valence-electron chi connectivity index (χ3n) is 4.32. The van der Waals surface area contributed by atoms with Crippen molar-refractivity contribution in [2.75, 3.05) is 6.54 Å². The minimum Gasteiger partial charge on any atom is -0.361 e. The average Bonchev–Trinajstić information content (AvgIpc) is 3.37. The van der Waals surface area contributed by atoms with Gasteiger partial charge in [-0.3, -0.25) is 0 Å². The topological polar surface area (TPSA) is 101 Å². The van der Waals surface area contributed by atoms with Crippen LogP contribution in [0.1, 0.15) is 43.7 Å². The highest BCUT2D eigenvalue weighted by Crippen LogP contribution is 2.19. The summed E-state index contributed by atoms with van der Waals surface area (Å²) in [6.45, 7) is 7.70. The number of aromatic nitrogens is 3. The first-order valence-corrected chi connectivity index (χ1v) is 10.1. The Balaban J connectivity index is 1.66. The number of benzene rings is 1. The molecule has 3 rings (SSSR count). The minimum atomic E-state index is 0.358. The molecule has 1 aromatic carbocycles. The van der Waals surface area contributed by atoms with Crippen LogP contribution in [0.2, 0.25) is 5.02 Å². The number of halogens is 1. The number of rotatable bonds is 8. The Kier molecular flexibility index (Phi) is 7.24. The third-order valence-corrected chi connectivity index (χ3v) is 4.58. The molecule has 0 aliphatic carbocycles. The van der Waals surface area contributed by atoms with Crippen molar-refractivity contribution in [3.63, 3.8) is 0 Å². The van der Waals surface area contributed by atoms with E-state index in [-0.39, 0.29) is 0 Å². The molecule has 0 radical (unpaired) electrons. The van der Waals surface area contributed by atoms with Crippen LogP contribution in [0.4, 0.5) is 0 Å². The van der Waals surface area contributed by atoms with E-state index in [0.717, 1.165) is 42.0 Å². The van der Waals surface area contributed by atoms with Crippen LogP contribution in [0.15, 0.2) is 38.3 Å². The lowest BCUT2D eigenvalue weighted by Crippen LogP contribution is -2.36. The van der Waals surface area contributed by atoms with E-state index >= 15 is 0 Å². The summed E-state index contributed by atoms with van der Waals surface area (Å²) < 4.78 is 10.7. The highest BCUT2D eigenvalue weighted by Gasteiger charge is 2.14. The van der Waals surface area contributed by atoms with Gasteiger partial charge < -0.3 is 19.7 Å². The number of hydrogen-bond acceptors (Lipinski definition) is 6. The molecule has 0 saturated carbocycles. The first-order valence-electron chi connectivity index (χ1n) is 9.71. The Bertz CT molecular complexity index is 927. The van der Waals surface area contributed by atoms with Gasteiger partial charge in [-0.15, -0.1) is 0 Å². The highest BCUT2D eigenvalue weighted by atomic mass is 35.5. The molecular formula is C20H25ClN6O2. The van der Waals surface area contributed by atoms with Crippen LogP contribution < -0.4 is 10.6 Å². The molecule has 0 spiro atoms. The average molecular weight is 417 g/mol. The lowest BCUT2D eigenvalue weighted by molar-refractivity contribution is 0.375. The van der Waals surface area contributed by atoms with Crippen molar-refractivity contribution < 1.29 is 9.05 Å². The van der Waals surface area contributed by atoms with E-state index in [1.165, 1.54) is 0 Å². The van der Waals surface area contributed by atoms with Gasteiger partial charge in [0.2, 0.25) is 11.7 Å². The van der Waals surface area contributed by atoms with Crippen molar-refractivity contribution in [2.45, 2.75) is 46.7 Å². The number of aliphatic imine (C=N–C) groups is 1. The van der Waals surface area contributed by atoms with Crippen LogP contribution in [0.3, 0.4) is 0 Å². The molecule has 0 saturated heterocycles. The number of aryl methyl sites for hydroxylation is 2. The summed E-state index contributed by atoms with van der Waals surface area (Å²) in [5, 5.41) is 15.3. The smallest absolute Gasteiger partial charge is 0.246 e. The first kappa shape index (κ1) is 20.9. The molecule has 9 heteroatoms. The summed E-state index contributed by atoms with van der Waals surface area (Å²) >= 11 is 5.92. The van der Waals surface area contributed by atoms with Gasteiger partial charge in [0.1, 0.15) is 5.76 Å². The normalized spacial score (nSPS) is 11.7. The third kappa shape index (κ3) is 5.35. The minimum absolute atomic E-state index is 0.358. The zero-order valence-corrected chi connectivity index (χ0v) is 17.6. The van der Waals surface area contributed by atoms with Crippen LogP contribution in [0, 0.1) is 0 Å². The predicted octanol–water partition coefficient (Wildman–Crippen LogP) is 3.76. The quantitative estimate of drug-likeness (QED) is 0.425. The van der Waals surface area contributed by atoms with Crippen LogP contribution >= 0.6 is 11.6 Å². The Morgan fingerprint density at radius 1 is 1.03 bits per heavy atom. The van der Waals surface area contributed by atoms with Gasteiger partial charge in [0.25, 0.3) is 0 Å².